The van der Waals surface area contributed by atoms with Crippen molar-refractivity contribution in [3.63, 3.8) is 0 Å². The lowest BCUT2D eigenvalue weighted by Gasteiger charge is -2.19. The lowest BCUT2D eigenvalue weighted by molar-refractivity contribution is -0.155. The molecule has 1 aliphatic rings. The Kier molecular flexibility index (Phi) is 10.4. The summed E-state index contributed by atoms with van der Waals surface area (Å²) in [7, 11) is 2.68. The number of nitrogens with zero attached hydrogens (tertiary/aromatic N) is 1. The van der Waals surface area contributed by atoms with Crippen LogP contribution in [0.3, 0.4) is 0 Å². The van der Waals surface area contributed by atoms with Crippen LogP contribution in [0.5, 0.6) is 11.5 Å². The molecule has 2 heterocycles. The van der Waals surface area contributed by atoms with Crippen LogP contribution >= 0.6 is 0 Å². The second-order valence-electron chi connectivity index (χ2n) is 8.43. The Balaban J connectivity index is 1.72. The SMILES string of the molecule is COCC(=O)OCOc1c(OC)ccnc1C(=O)N[C@H]1COC(=O)[C@H](Cc2ccccc2)C[C@H](C)OC1=O. The fourth-order valence-corrected chi connectivity index (χ4v) is 3.78. The van der Waals surface area contributed by atoms with E-state index in [1.807, 2.05) is 30.3 Å². The number of carbonyl (C=O) groups is 4. The number of carbonyl (C=O) groups excluding carboxylic acids is 4. The van der Waals surface area contributed by atoms with E-state index in [0.717, 1.165) is 5.56 Å². The summed E-state index contributed by atoms with van der Waals surface area (Å²) >= 11 is 0. The first-order valence-corrected chi connectivity index (χ1v) is 11.8. The summed E-state index contributed by atoms with van der Waals surface area (Å²) in [6, 6.07) is 9.57. The van der Waals surface area contributed by atoms with Gasteiger partial charge in [0.15, 0.2) is 23.2 Å². The maximum Gasteiger partial charge on any atom is 0.334 e. The molecule has 3 rings (SSSR count). The highest BCUT2D eigenvalue weighted by molar-refractivity contribution is 5.98. The van der Waals surface area contributed by atoms with E-state index in [0.29, 0.717) is 6.42 Å². The van der Waals surface area contributed by atoms with Gasteiger partial charge in [0.2, 0.25) is 6.79 Å². The third kappa shape index (κ3) is 7.90. The second kappa shape index (κ2) is 13.9. The molecule has 1 aromatic carbocycles. The molecule has 38 heavy (non-hydrogen) atoms. The molecular formula is C26H30N2O10. The van der Waals surface area contributed by atoms with E-state index in [9.17, 15) is 19.2 Å². The highest BCUT2D eigenvalue weighted by Crippen LogP contribution is 2.29. The number of rotatable bonds is 10. The summed E-state index contributed by atoms with van der Waals surface area (Å²) in [6.07, 6.45) is 1.38. The molecule has 2 aromatic rings. The molecule has 12 nitrogen and oxygen atoms in total. The first kappa shape index (κ1) is 28.4. The van der Waals surface area contributed by atoms with Gasteiger partial charge in [-0.05, 0) is 25.3 Å². The van der Waals surface area contributed by atoms with Crippen molar-refractivity contribution in [2.45, 2.75) is 31.9 Å². The molecule has 0 aliphatic carbocycles. The number of ether oxygens (including phenoxy) is 6. The van der Waals surface area contributed by atoms with E-state index in [-0.39, 0.29) is 30.2 Å². The van der Waals surface area contributed by atoms with Crippen molar-refractivity contribution in [2.75, 3.05) is 34.2 Å². The topological polar surface area (TPSA) is 149 Å². The van der Waals surface area contributed by atoms with Crippen molar-refractivity contribution in [3.05, 3.63) is 53.9 Å². The van der Waals surface area contributed by atoms with Gasteiger partial charge in [-0.1, -0.05) is 30.3 Å². The van der Waals surface area contributed by atoms with E-state index < -0.39 is 55.3 Å². The van der Waals surface area contributed by atoms with Crippen LogP contribution in [0.25, 0.3) is 0 Å². The summed E-state index contributed by atoms with van der Waals surface area (Å²) in [4.78, 5) is 54.3. The summed E-state index contributed by atoms with van der Waals surface area (Å²) in [5.41, 5.74) is 0.697. The number of nitrogens with one attached hydrogen (secondary N) is 1. The molecule has 1 saturated heterocycles. The van der Waals surface area contributed by atoms with Gasteiger partial charge in [0.05, 0.1) is 19.1 Å². The minimum atomic E-state index is -1.30. The fourth-order valence-electron chi connectivity index (χ4n) is 3.78. The van der Waals surface area contributed by atoms with Crippen LogP contribution < -0.4 is 14.8 Å². The van der Waals surface area contributed by atoms with Crippen LogP contribution in [-0.2, 0) is 39.8 Å². The summed E-state index contributed by atoms with van der Waals surface area (Å²) in [6.45, 7) is 0.409. The Labute approximate surface area is 219 Å². The zero-order chi connectivity index (χ0) is 27.5. The standard InChI is InChI=1S/C26H30N2O10/c1-16-11-18(12-17-7-5-4-6-8-17)25(31)35-13-19(26(32)38-16)28-24(30)22-23(20(34-3)9-10-27-22)37-15-36-21(29)14-33-2/h4-10,16,18-19H,11-15H2,1-3H3,(H,28,30)/t16-,18-,19-/m0/s1. The van der Waals surface area contributed by atoms with Crippen molar-refractivity contribution in [2.24, 2.45) is 5.92 Å². The van der Waals surface area contributed by atoms with Crippen molar-refractivity contribution in [1.82, 2.24) is 10.3 Å². The summed E-state index contributed by atoms with van der Waals surface area (Å²) in [5, 5.41) is 2.48. The predicted octanol–water partition coefficient (Wildman–Crippen LogP) is 1.45. The van der Waals surface area contributed by atoms with E-state index in [1.54, 1.807) is 6.92 Å². The molecule has 3 atom stereocenters. The first-order chi connectivity index (χ1) is 18.3. The highest BCUT2D eigenvalue weighted by Gasteiger charge is 2.33. The summed E-state index contributed by atoms with van der Waals surface area (Å²) in [5.74, 6) is -3.30. The van der Waals surface area contributed by atoms with Crippen molar-refractivity contribution >= 4 is 23.8 Å². The zero-order valence-corrected chi connectivity index (χ0v) is 21.3. The van der Waals surface area contributed by atoms with Crippen LogP contribution in [0.4, 0.5) is 0 Å². The molecule has 0 bridgehead atoms. The third-order valence-corrected chi connectivity index (χ3v) is 5.56. The molecule has 0 radical (unpaired) electrons. The molecule has 0 unspecified atom stereocenters. The van der Waals surface area contributed by atoms with E-state index >= 15 is 0 Å². The molecule has 12 heteroatoms. The highest BCUT2D eigenvalue weighted by atomic mass is 16.7. The van der Waals surface area contributed by atoms with Gasteiger partial charge in [0, 0.05) is 19.4 Å². The maximum atomic E-state index is 13.1. The Morgan fingerprint density at radius 3 is 2.58 bits per heavy atom. The Morgan fingerprint density at radius 2 is 1.87 bits per heavy atom. The molecule has 0 spiro atoms. The fraction of sp³-hybridized carbons (Fsp3) is 0.423. The van der Waals surface area contributed by atoms with Gasteiger partial charge >= 0.3 is 17.9 Å². The summed E-state index contributed by atoms with van der Waals surface area (Å²) < 4.78 is 31.1. The van der Waals surface area contributed by atoms with E-state index in [2.05, 4.69) is 15.0 Å². The Hall–Kier alpha value is -4.19. The number of cyclic esters (lactones) is 2. The normalized spacial score (nSPS) is 19.6. The van der Waals surface area contributed by atoms with Gasteiger partial charge in [-0.15, -0.1) is 0 Å². The zero-order valence-electron chi connectivity index (χ0n) is 21.3. The minimum absolute atomic E-state index is 0.123. The molecule has 1 aliphatic heterocycles. The first-order valence-electron chi connectivity index (χ1n) is 11.8. The molecular weight excluding hydrogens is 500 g/mol. The van der Waals surface area contributed by atoms with Crippen molar-refractivity contribution in [3.8, 4) is 11.5 Å². The van der Waals surface area contributed by atoms with Crippen LogP contribution in [0.2, 0.25) is 0 Å². The largest absolute Gasteiger partial charge is 0.493 e. The number of hydrogen-bond donors (Lipinski definition) is 1. The smallest absolute Gasteiger partial charge is 0.334 e. The lowest BCUT2D eigenvalue weighted by Crippen LogP contribution is -2.46. The average Bonchev–Trinajstić information content (AvgIpc) is 2.94. The Bertz CT molecular complexity index is 1120. The number of pyridine rings is 1. The number of benzene rings is 1. The lowest BCUT2D eigenvalue weighted by atomic mass is 9.94. The van der Waals surface area contributed by atoms with Crippen LogP contribution in [-0.4, -0.2) is 75.2 Å². The second-order valence-corrected chi connectivity index (χ2v) is 8.43. The van der Waals surface area contributed by atoms with Crippen LogP contribution in [0, 0.1) is 5.92 Å². The van der Waals surface area contributed by atoms with Gasteiger partial charge in [-0.25, -0.2) is 14.6 Å². The molecule has 0 saturated carbocycles. The van der Waals surface area contributed by atoms with Gasteiger partial charge < -0.3 is 33.7 Å². The number of hydrogen-bond acceptors (Lipinski definition) is 11. The van der Waals surface area contributed by atoms with Gasteiger partial charge in [0.25, 0.3) is 5.91 Å². The van der Waals surface area contributed by atoms with E-state index in [4.69, 9.17) is 23.7 Å². The third-order valence-electron chi connectivity index (χ3n) is 5.56. The molecule has 1 aromatic heterocycles. The molecule has 1 fully saturated rings. The van der Waals surface area contributed by atoms with Crippen LogP contribution in [0.1, 0.15) is 29.4 Å². The van der Waals surface area contributed by atoms with Gasteiger partial charge in [-0.3, -0.25) is 9.59 Å². The van der Waals surface area contributed by atoms with Crippen molar-refractivity contribution < 1.29 is 47.6 Å². The molecule has 1 amide bonds. The molecule has 204 valence electrons. The molecule has 1 N–H and O–H groups in total. The predicted molar refractivity (Wildman–Crippen MR) is 130 cm³/mol. The van der Waals surface area contributed by atoms with E-state index in [1.165, 1.54) is 26.5 Å². The average molecular weight is 531 g/mol. The quantitative estimate of drug-likeness (QED) is 0.270. The maximum absolute atomic E-state index is 13.1. The van der Waals surface area contributed by atoms with Crippen molar-refractivity contribution in [1.29, 1.82) is 0 Å². The Morgan fingerprint density at radius 1 is 1.11 bits per heavy atom. The number of amides is 1. The monoisotopic (exact) mass is 530 g/mol. The van der Waals surface area contributed by atoms with Crippen LogP contribution in [0.15, 0.2) is 42.6 Å². The minimum Gasteiger partial charge on any atom is -0.493 e. The van der Waals surface area contributed by atoms with Gasteiger partial charge in [0.1, 0.15) is 13.2 Å². The number of aromatic nitrogens is 1. The number of esters is 3. The van der Waals surface area contributed by atoms with Gasteiger partial charge in [-0.2, -0.15) is 0 Å². The number of methoxy groups -OCH3 is 2.